The van der Waals surface area contributed by atoms with E-state index in [2.05, 4.69) is 29.6 Å². The molecule has 0 unspecified atom stereocenters. The Balaban J connectivity index is 1.57. The minimum absolute atomic E-state index is 0.00587. The predicted molar refractivity (Wildman–Crippen MR) is 109 cm³/mol. The Morgan fingerprint density at radius 3 is 2.48 bits per heavy atom. The van der Waals surface area contributed by atoms with Crippen molar-refractivity contribution in [2.75, 3.05) is 26.4 Å². The number of ether oxygens (including phenoxy) is 2. The highest BCUT2D eigenvalue weighted by Gasteiger charge is 2.34. The monoisotopic (exact) mass is 385 g/mol. The standard InChI is InChI=1S/C22H27NO3S/c1-2-26-19-10-8-18(9-11-19)16-21(24)23-17-22(12-14-25-15-13-22)27-20-6-4-3-5-7-20/h3-11H,2,12-17H2,1H3,(H,23,24). The molecule has 5 heteroatoms. The maximum Gasteiger partial charge on any atom is 0.224 e. The van der Waals surface area contributed by atoms with Gasteiger partial charge in [-0.1, -0.05) is 30.3 Å². The van der Waals surface area contributed by atoms with Crippen LogP contribution in [-0.2, 0) is 16.0 Å². The molecule has 0 spiro atoms. The third kappa shape index (κ3) is 6.01. The van der Waals surface area contributed by atoms with Crippen molar-refractivity contribution >= 4 is 17.7 Å². The molecule has 1 heterocycles. The SMILES string of the molecule is CCOc1ccc(CC(=O)NCC2(Sc3ccccc3)CCOCC2)cc1. The zero-order chi connectivity index (χ0) is 19.0. The Hall–Kier alpha value is -1.98. The van der Waals surface area contributed by atoms with Crippen molar-refractivity contribution in [1.29, 1.82) is 0 Å². The molecule has 0 bridgehead atoms. The van der Waals surface area contributed by atoms with Gasteiger partial charge < -0.3 is 14.8 Å². The van der Waals surface area contributed by atoms with Crippen LogP contribution in [0.25, 0.3) is 0 Å². The van der Waals surface area contributed by atoms with E-state index in [1.807, 2.05) is 49.0 Å². The zero-order valence-electron chi connectivity index (χ0n) is 15.8. The van der Waals surface area contributed by atoms with Gasteiger partial charge in [-0.25, -0.2) is 0 Å². The number of carbonyl (C=O) groups excluding carboxylic acids is 1. The van der Waals surface area contributed by atoms with Gasteiger partial charge in [-0.15, -0.1) is 11.8 Å². The van der Waals surface area contributed by atoms with Crippen molar-refractivity contribution in [2.24, 2.45) is 0 Å². The van der Waals surface area contributed by atoms with Crippen molar-refractivity contribution in [3.8, 4) is 5.75 Å². The summed E-state index contributed by atoms with van der Waals surface area (Å²) in [5.41, 5.74) is 0.993. The number of hydrogen-bond acceptors (Lipinski definition) is 4. The molecule has 1 aliphatic heterocycles. The molecule has 0 aliphatic carbocycles. The molecule has 1 aliphatic rings. The average Bonchev–Trinajstić information content (AvgIpc) is 2.70. The molecule has 0 saturated carbocycles. The van der Waals surface area contributed by atoms with Crippen LogP contribution in [0.15, 0.2) is 59.5 Å². The number of thioether (sulfide) groups is 1. The highest BCUT2D eigenvalue weighted by atomic mass is 32.2. The third-order valence-corrected chi connectivity index (χ3v) is 6.18. The summed E-state index contributed by atoms with van der Waals surface area (Å²) in [7, 11) is 0. The number of rotatable bonds is 8. The summed E-state index contributed by atoms with van der Waals surface area (Å²) < 4.78 is 11.0. The van der Waals surface area contributed by atoms with Crippen LogP contribution >= 0.6 is 11.8 Å². The second kappa shape index (κ2) is 9.81. The Morgan fingerprint density at radius 1 is 1.11 bits per heavy atom. The maximum atomic E-state index is 12.5. The lowest BCUT2D eigenvalue weighted by atomic mass is 9.99. The lowest BCUT2D eigenvalue weighted by Gasteiger charge is -2.36. The van der Waals surface area contributed by atoms with Crippen molar-refractivity contribution in [3.63, 3.8) is 0 Å². The second-order valence-corrected chi connectivity index (χ2v) is 8.28. The van der Waals surface area contributed by atoms with E-state index in [1.54, 1.807) is 0 Å². The van der Waals surface area contributed by atoms with Gasteiger partial charge in [0.25, 0.3) is 0 Å². The molecular formula is C22H27NO3S. The average molecular weight is 386 g/mol. The van der Waals surface area contributed by atoms with E-state index < -0.39 is 0 Å². The fourth-order valence-corrected chi connectivity index (χ4v) is 4.48. The van der Waals surface area contributed by atoms with E-state index in [-0.39, 0.29) is 10.7 Å². The lowest BCUT2D eigenvalue weighted by Crippen LogP contribution is -2.44. The van der Waals surface area contributed by atoms with Gasteiger partial charge in [0.2, 0.25) is 5.91 Å². The molecule has 0 radical (unpaired) electrons. The van der Waals surface area contributed by atoms with Crippen LogP contribution in [-0.4, -0.2) is 37.0 Å². The van der Waals surface area contributed by atoms with Crippen molar-refractivity contribution in [3.05, 3.63) is 60.2 Å². The summed E-state index contributed by atoms with van der Waals surface area (Å²) in [6, 6.07) is 18.1. The van der Waals surface area contributed by atoms with Crippen LogP contribution in [0.4, 0.5) is 0 Å². The van der Waals surface area contributed by atoms with Crippen molar-refractivity contribution in [1.82, 2.24) is 5.32 Å². The summed E-state index contributed by atoms with van der Waals surface area (Å²) in [5.74, 6) is 0.890. The number of nitrogens with one attached hydrogen (secondary N) is 1. The molecule has 27 heavy (non-hydrogen) atoms. The molecule has 144 valence electrons. The van der Waals surface area contributed by atoms with Crippen LogP contribution in [0.2, 0.25) is 0 Å². The molecule has 1 N–H and O–H groups in total. The van der Waals surface area contributed by atoms with Gasteiger partial charge in [0.1, 0.15) is 5.75 Å². The largest absolute Gasteiger partial charge is 0.494 e. The molecule has 1 amide bonds. The topological polar surface area (TPSA) is 47.6 Å². The van der Waals surface area contributed by atoms with Gasteiger partial charge >= 0.3 is 0 Å². The van der Waals surface area contributed by atoms with Gasteiger partial charge in [-0.05, 0) is 49.6 Å². The zero-order valence-corrected chi connectivity index (χ0v) is 16.6. The summed E-state index contributed by atoms with van der Waals surface area (Å²) in [6.07, 6.45) is 2.26. The van der Waals surface area contributed by atoms with Crippen LogP contribution in [0.5, 0.6) is 5.75 Å². The first kappa shape index (κ1) is 19.8. The normalized spacial score (nSPS) is 15.9. The van der Waals surface area contributed by atoms with Crippen LogP contribution < -0.4 is 10.1 Å². The van der Waals surface area contributed by atoms with E-state index >= 15 is 0 Å². The summed E-state index contributed by atoms with van der Waals surface area (Å²) in [5, 5.41) is 3.16. The summed E-state index contributed by atoms with van der Waals surface area (Å²) >= 11 is 1.86. The van der Waals surface area contributed by atoms with Crippen LogP contribution in [0.3, 0.4) is 0 Å². The highest BCUT2D eigenvalue weighted by Crippen LogP contribution is 2.40. The molecule has 3 rings (SSSR count). The Labute approximate surface area is 165 Å². The Bertz CT molecular complexity index is 712. The summed E-state index contributed by atoms with van der Waals surface area (Å²) in [4.78, 5) is 13.7. The van der Waals surface area contributed by atoms with Gasteiger partial charge in [0, 0.05) is 29.4 Å². The van der Waals surface area contributed by atoms with E-state index in [9.17, 15) is 4.79 Å². The number of benzene rings is 2. The lowest BCUT2D eigenvalue weighted by molar-refractivity contribution is -0.120. The van der Waals surface area contributed by atoms with E-state index in [0.717, 1.165) is 37.4 Å². The van der Waals surface area contributed by atoms with Crippen LogP contribution in [0.1, 0.15) is 25.3 Å². The molecular weight excluding hydrogens is 358 g/mol. The van der Waals surface area contributed by atoms with E-state index in [4.69, 9.17) is 9.47 Å². The summed E-state index contributed by atoms with van der Waals surface area (Å²) in [6.45, 7) is 4.75. The van der Waals surface area contributed by atoms with Gasteiger partial charge in [-0.3, -0.25) is 4.79 Å². The predicted octanol–water partition coefficient (Wildman–Crippen LogP) is 4.09. The highest BCUT2D eigenvalue weighted by molar-refractivity contribution is 8.00. The molecule has 2 aromatic carbocycles. The first-order chi connectivity index (χ1) is 13.2. The number of amides is 1. The number of carbonyl (C=O) groups is 1. The van der Waals surface area contributed by atoms with Crippen molar-refractivity contribution in [2.45, 2.75) is 35.8 Å². The smallest absolute Gasteiger partial charge is 0.224 e. The molecule has 1 saturated heterocycles. The van der Waals surface area contributed by atoms with Gasteiger partial charge in [-0.2, -0.15) is 0 Å². The first-order valence-corrected chi connectivity index (χ1v) is 10.3. The fraction of sp³-hybridized carbons (Fsp3) is 0.409. The van der Waals surface area contributed by atoms with Gasteiger partial charge in [0.05, 0.1) is 13.0 Å². The second-order valence-electron chi connectivity index (χ2n) is 6.74. The van der Waals surface area contributed by atoms with E-state index in [0.29, 0.717) is 19.6 Å². The van der Waals surface area contributed by atoms with Gasteiger partial charge in [0.15, 0.2) is 0 Å². The quantitative estimate of drug-likeness (QED) is 0.744. The molecule has 1 fully saturated rings. The molecule has 2 aromatic rings. The van der Waals surface area contributed by atoms with Crippen molar-refractivity contribution < 1.29 is 14.3 Å². The maximum absolute atomic E-state index is 12.5. The van der Waals surface area contributed by atoms with E-state index in [1.165, 1.54) is 4.90 Å². The fourth-order valence-electron chi connectivity index (χ4n) is 3.17. The first-order valence-electron chi connectivity index (χ1n) is 9.49. The number of hydrogen-bond donors (Lipinski definition) is 1. The molecule has 0 atom stereocenters. The van der Waals surface area contributed by atoms with Crippen LogP contribution in [0, 0.1) is 0 Å². The Morgan fingerprint density at radius 2 is 1.81 bits per heavy atom. The molecule has 4 nitrogen and oxygen atoms in total. The minimum atomic E-state index is -0.00587. The Kier molecular flexibility index (Phi) is 7.18. The molecule has 0 aromatic heterocycles. The minimum Gasteiger partial charge on any atom is -0.494 e. The third-order valence-electron chi connectivity index (χ3n) is 4.69.